The van der Waals surface area contributed by atoms with Crippen LogP contribution in [0.2, 0.25) is 0 Å². The Morgan fingerprint density at radius 2 is 1.67 bits per heavy atom. The van der Waals surface area contributed by atoms with E-state index in [2.05, 4.69) is 34.1 Å². The van der Waals surface area contributed by atoms with E-state index >= 15 is 0 Å². The minimum Gasteiger partial charge on any atom is -0.376 e. The summed E-state index contributed by atoms with van der Waals surface area (Å²) >= 11 is 0. The first-order chi connectivity index (χ1) is 14.7. The molecule has 2 aromatic carbocycles. The van der Waals surface area contributed by atoms with Crippen LogP contribution in [0.3, 0.4) is 0 Å². The number of rotatable bonds is 6. The topological polar surface area (TPSA) is 36.0 Å². The van der Waals surface area contributed by atoms with Gasteiger partial charge in [-0.2, -0.15) is 0 Å². The number of carbonyl (C=O) groups is 1. The first-order valence-corrected chi connectivity index (χ1v) is 10.8. The summed E-state index contributed by atoms with van der Waals surface area (Å²) < 4.78 is 19.2. The van der Waals surface area contributed by atoms with Crippen LogP contribution in [0.4, 0.5) is 4.39 Å². The first-order valence-electron chi connectivity index (χ1n) is 10.8. The van der Waals surface area contributed by atoms with Gasteiger partial charge in [-0.15, -0.1) is 0 Å². The van der Waals surface area contributed by atoms with E-state index in [-0.39, 0.29) is 17.8 Å². The van der Waals surface area contributed by atoms with Gasteiger partial charge >= 0.3 is 0 Å². The number of piperazine rings is 1. The molecule has 1 atom stereocenters. The van der Waals surface area contributed by atoms with Crippen molar-refractivity contribution in [1.29, 1.82) is 0 Å². The molecular weight excluding hydrogens is 381 g/mol. The number of carbonyl (C=O) groups excluding carboxylic acids is 1. The minimum absolute atomic E-state index is 0.118. The Bertz CT molecular complexity index is 815. The van der Waals surface area contributed by atoms with Gasteiger partial charge in [0.2, 0.25) is 5.91 Å². The van der Waals surface area contributed by atoms with E-state index in [1.807, 2.05) is 11.0 Å². The standard InChI is InChI=1S/C24H30FN3O2/c25-22-9-7-21(8-10-22)16-28-13-12-27(19-24(28)29)18-23-17-26(11-4-14-30-23)15-20-5-2-1-3-6-20/h1-3,5-10,23H,4,11-19H2. The van der Waals surface area contributed by atoms with E-state index in [1.54, 1.807) is 12.1 Å². The molecule has 2 fully saturated rings. The van der Waals surface area contributed by atoms with E-state index < -0.39 is 0 Å². The van der Waals surface area contributed by atoms with Crippen molar-refractivity contribution in [2.24, 2.45) is 0 Å². The molecular formula is C24H30FN3O2. The van der Waals surface area contributed by atoms with Gasteiger partial charge in [-0.1, -0.05) is 42.5 Å². The predicted octanol–water partition coefficient (Wildman–Crippen LogP) is 2.76. The molecule has 0 N–H and O–H groups in total. The van der Waals surface area contributed by atoms with Gasteiger partial charge < -0.3 is 9.64 Å². The summed E-state index contributed by atoms with van der Waals surface area (Å²) in [6.07, 6.45) is 1.15. The number of amides is 1. The van der Waals surface area contributed by atoms with Crippen LogP contribution in [0.1, 0.15) is 17.5 Å². The lowest BCUT2D eigenvalue weighted by Crippen LogP contribution is -2.52. The zero-order chi connectivity index (χ0) is 20.8. The molecule has 2 heterocycles. The van der Waals surface area contributed by atoms with Crippen LogP contribution in [0.15, 0.2) is 54.6 Å². The van der Waals surface area contributed by atoms with E-state index in [4.69, 9.17) is 4.74 Å². The molecule has 160 valence electrons. The number of halogens is 1. The van der Waals surface area contributed by atoms with E-state index in [9.17, 15) is 9.18 Å². The number of benzene rings is 2. The van der Waals surface area contributed by atoms with Crippen LogP contribution >= 0.6 is 0 Å². The average Bonchev–Trinajstić information content (AvgIpc) is 2.97. The fourth-order valence-corrected chi connectivity index (χ4v) is 4.24. The van der Waals surface area contributed by atoms with Crippen LogP contribution in [0.25, 0.3) is 0 Å². The summed E-state index contributed by atoms with van der Waals surface area (Å²) in [6.45, 7) is 6.90. The Morgan fingerprint density at radius 3 is 2.43 bits per heavy atom. The fraction of sp³-hybridized carbons (Fsp3) is 0.458. The van der Waals surface area contributed by atoms with Crippen molar-refractivity contribution in [3.05, 3.63) is 71.5 Å². The maximum atomic E-state index is 13.1. The second-order valence-electron chi connectivity index (χ2n) is 8.24. The Morgan fingerprint density at radius 1 is 0.900 bits per heavy atom. The van der Waals surface area contributed by atoms with Crippen molar-refractivity contribution < 1.29 is 13.9 Å². The molecule has 0 aromatic heterocycles. The molecule has 4 rings (SSSR count). The number of hydrogen-bond acceptors (Lipinski definition) is 4. The van der Waals surface area contributed by atoms with E-state index in [0.29, 0.717) is 19.6 Å². The summed E-state index contributed by atoms with van der Waals surface area (Å²) in [4.78, 5) is 19.2. The Hall–Kier alpha value is -2.28. The third-order valence-corrected chi connectivity index (χ3v) is 5.83. The molecule has 1 unspecified atom stereocenters. The van der Waals surface area contributed by atoms with Crippen molar-refractivity contribution in [3.8, 4) is 0 Å². The van der Waals surface area contributed by atoms with Crippen LogP contribution in [0, 0.1) is 5.82 Å². The highest BCUT2D eigenvalue weighted by Gasteiger charge is 2.27. The molecule has 1 amide bonds. The summed E-state index contributed by atoms with van der Waals surface area (Å²) in [6, 6.07) is 16.9. The Kier molecular flexibility index (Phi) is 7.10. The molecule has 5 nitrogen and oxygen atoms in total. The summed E-state index contributed by atoms with van der Waals surface area (Å²) in [5.74, 6) is -0.125. The van der Waals surface area contributed by atoms with Crippen LogP contribution in [-0.4, -0.2) is 72.6 Å². The predicted molar refractivity (Wildman–Crippen MR) is 114 cm³/mol. The van der Waals surface area contributed by atoms with Crippen molar-refractivity contribution in [1.82, 2.24) is 14.7 Å². The van der Waals surface area contributed by atoms with Gasteiger partial charge in [0.15, 0.2) is 0 Å². The molecule has 0 aliphatic carbocycles. The normalized spacial score (nSPS) is 21.6. The maximum Gasteiger partial charge on any atom is 0.237 e. The molecule has 2 aliphatic heterocycles. The monoisotopic (exact) mass is 411 g/mol. The smallest absolute Gasteiger partial charge is 0.237 e. The van der Waals surface area contributed by atoms with Gasteiger partial charge in [-0.3, -0.25) is 14.6 Å². The lowest BCUT2D eigenvalue weighted by atomic mass is 10.1. The molecule has 2 saturated heterocycles. The number of ether oxygens (including phenoxy) is 1. The zero-order valence-electron chi connectivity index (χ0n) is 17.4. The van der Waals surface area contributed by atoms with Crippen LogP contribution in [-0.2, 0) is 22.6 Å². The van der Waals surface area contributed by atoms with Gasteiger partial charge in [0.25, 0.3) is 0 Å². The minimum atomic E-state index is -0.250. The number of hydrogen-bond donors (Lipinski definition) is 0. The van der Waals surface area contributed by atoms with Crippen LogP contribution < -0.4 is 0 Å². The molecule has 30 heavy (non-hydrogen) atoms. The molecule has 2 aromatic rings. The second-order valence-corrected chi connectivity index (χ2v) is 8.24. The van der Waals surface area contributed by atoms with Crippen molar-refractivity contribution >= 4 is 5.91 Å². The van der Waals surface area contributed by atoms with Crippen molar-refractivity contribution in [2.45, 2.75) is 25.6 Å². The highest BCUT2D eigenvalue weighted by atomic mass is 19.1. The van der Waals surface area contributed by atoms with Gasteiger partial charge in [0, 0.05) is 52.4 Å². The second kappa shape index (κ2) is 10.2. The number of nitrogens with zero attached hydrogens (tertiary/aromatic N) is 3. The van der Waals surface area contributed by atoms with Gasteiger partial charge in [-0.25, -0.2) is 4.39 Å². The SMILES string of the molecule is O=C1CN(CC2CN(Cc3ccccc3)CCCO2)CCN1Cc1ccc(F)cc1. The molecule has 6 heteroatoms. The zero-order valence-corrected chi connectivity index (χ0v) is 17.4. The lowest BCUT2D eigenvalue weighted by molar-refractivity contribution is -0.137. The molecule has 2 aliphatic rings. The summed E-state index contributed by atoms with van der Waals surface area (Å²) in [5.41, 5.74) is 2.28. The average molecular weight is 412 g/mol. The third kappa shape index (κ3) is 5.88. The quantitative estimate of drug-likeness (QED) is 0.733. The van der Waals surface area contributed by atoms with Crippen LogP contribution in [0.5, 0.6) is 0 Å². The molecule has 0 bridgehead atoms. The largest absolute Gasteiger partial charge is 0.376 e. The van der Waals surface area contributed by atoms with Gasteiger partial charge in [0.05, 0.1) is 12.6 Å². The molecule has 0 radical (unpaired) electrons. The first kappa shape index (κ1) is 21.0. The van der Waals surface area contributed by atoms with Gasteiger partial charge in [0.1, 0.15) is 5.82 Å². The molecule has 0 spiro atoms. The van der Waals surface area contributed by atoms with Gasteiger partial charge in [-0.05, 0) is 29.7 Å². The highest BCUT2D eigenvalue weighted by molar-refractivity contribution is 5.79. The molecule has 0 saturated carbocycles. The highest BCUT2D eigenvalue weighted by Crippen LogP contribution is 2.15. The fourth-order valence-electron chi connectivity index (χ4n) is 4.24. The van der Waals surface area contributed by atoms with E-state index in [0.717, 1.165) is 51.3 Å². The summed E-state index contributed by atoms with van der Waals surface area (Å²) in [7, 11) is 0. The Balaban J connectivity index is 1.27. The van der Waals surface area contributed by atoms with E-state index in [1.165, 1.54) is 17.7 Å². The lowest BCUT2D eigenvalue weighted by Gasteiger charge is -2.36. The van der Waals surface area contributed by atoms with Crippen molar-refractivity contribution in [3.63, 3.8) is 0 Å². The maximum absolute atomic E-state index is 13.1. The Labute approximate surface area is 178 Å². The summed E-state index contributed by atoms with van der Waals surface area (Å²) in [5, 5.41) is 0. The third-order valence-electron chi connectivity index (χ3n) is 5.83. The van der Waals surface area contributed by atoms with Crippen molar-refractivity contribution in [2.75, 3.05) is 45.9 Å².